The van der Waals surface area contributed by atoms with Gasteiger partial charge >= 0.3 is 0 Å². The van der Waals surface area contributed by atoms with Crippen LogP contribution in [0, 0.1) is 0 Å². The van der Waals surface area contributed by atoms with Gasteiger partial charge in [0.2, 0.25) is 5.91 Å². The van der Waals surface area contributed by atoms with Crippen molar-refractivity contribution in [1.82, 2.24) is 5.32 Å². The standard InChI is InChI=1S/C9H20N2OS/c1-3-4-6-11-9(12)8(10)5-7-13-2/h8H,3-7,10H2,1-2H3,(H,11,12)/t8-/m0/s1. The number of unbranched alkanes of at least 4 members (excludes halogenated alkanes) is 1. The summed E-state index contributed by atoms with van der Waals surface area (Å²) in [6.45, 7) is 2.85. The Kier molecular flexibility index (Phi) is 8.24. The lowest BCUT2D eigenvalue weighted by molar-refractivity contribution is -0.122. The van der Waals surface area contributed by atoms with E-state index in [4.69, 9.17) is 5.73 Å². The smallest absolute Gasteiger partial charge is 0.236 e. The van der Waals surface area contributed by atoms with Crippen molar-refractivity contribution < 1.29 is 4.79 Å². The highest BCUT2D eigenvalue weighted by molar-refractivity contribution is 7.98. The Morgan fingerprint density at radius 2 is 2.31 bits per heavy atom. The summed E-state index contributed by atoms with van der Waals surface area (Å²) >= 11 is 1.72. The summed E-state index contributed by atoms with van der Waals surface area (Å²) in [5, 5.41) is 2.82. The van der Waals surface area contributed by atoms with Crippen molar-refractivity contribution in [2.75, 3.05) is 18.6 Å². The molecule has 0 aromatic carbocycles. The molecule has 78 valence electrons. The Labute approximate surface area is 84.8 Å². The molecule has 0 unspecified atom stereocenters. The maximum absolute atomic E-state index is 11.3. The number of carbonyl (C=O) groups excluding carboxylic acids is 1. The third kappa shape index (κ3) is 6.90. The van der Waals surface area contributed by atoms with Crippen LogP contribution < -0.4 is 11.1 Å². The predicted octanol–water partition coefficient (Wildman–Crippen LogP) is 0.983. The molecule has 1 amide bonds. The van der Waals surface area contributed by atoms with Crippen LogP contribution in [0.3, 0.4) is 0 Å². The highest BCUT2D eigenvalue weighted by Gasteiger charge is 2.11. The maximum atomic E-state index is 11.3. The first kappa shape index (κ1) is 12.8. The lowest BCUT2D eigenvalue weighted by Gasteiger charge is -2.10. The second kappa shape index (κ2) is 8.38. The lowest BCUT2D eigenvalue weighted by atomic mass is 10.2. The van der Waals surface area contributed by atoms with E-state index in [-0.39, 0.29) is 11.9 Å². The van der Waals surface area contributed by atoms with Crippen molar-refractivity contribution in [2.24, 2.45) is 5.73 Å². The summed E-state index contributed by atoms with van der Waals surface area (Å²) < 4.78 is 0. The average molecular weight is 204 g/mol. The second-order valence-electron chi connectivity index (χ2n) is 3.03. The van der Waals surface area contributed by atoms with Crippen molar-refractivity contribution >= 4 is 17.7 Å². The van der Waals surface area contributed by atoms with Gasteiger partial charge in [-0.15, -0.1) is 0 Å². The fourth-order valence-electron chi connectivity index (χ4n) is 0.895. The van der Waals surface area contributed by atoms with Gasteiger partial charge in [0.1, 0.15) is 0 Å². The van der Waals surface area contributed by atoms with Gasteiger partial charge in [-0.05, 0) is 24.9 Å². The van der Waals surface area contributed by atoms with Crippen molar-refractivity contribution in [2.45, 2.75) is 32.2 Å². The second-order valence-corrected chi connectivity index (χ2v) is 4.02. The zero-order valence-electron chi connectivity index (χ0n) is 8.51. The molecular weight excluding hydrogens is 184 g/mol. The van der Waals surface area contributed by atoms with Crippen LogP contribution in [0.1, 0.15) is 26.2 Å². The minimum atomic E-state index is -0.329. The van der Waals surface area contributed by atoms with Gasteiger partial charge in [-0.2, -0.15) is 11.8 Å². The van der Waals surface area contributed by atoms with Crippen molar-refractivity contribution in [1.29, 1.82) is 0 Å². The molecule has 3 N–H and O–H groups in total. The Morgan fingerprint density at radius 3 is 2.85 bits per heavy atom. The van der Waals surface area contributed by atoms with E-state index in [1.165, 1.54) is 0 Å². The van der Waals surface area contributed by atoms with Gasteiger partial charge in [-0.3, -0.25) is 4.79 Å². The van der Waals surface area contributed by atoms with E-state index in [9.17, 15) is 4.79 Å². The van der Waals surface area contributed by atoms with Crippen molar-refractivity contribution in [3.05, 3.63) is 0 Å². The Morgan fingerprint density at radius 1 is 1.62 bits per heavy atom. The number of nitrogens with one attached hydrogen (secondary N) is 1. The fourth-order valence-corrected chi connectivity index (χ4v) is 1.39. The fraction of sp³-hybridized carbons (Fsp3) is 0.889. The molecule has 0 aromatic heterocycles. The zero-order chi connectivity index (χ0) is 10.1. The minimum absolute atomic E-state index is 0.0116. The SMILES string of the molecule is CCCCNC(=O)[C@@H](N)CCSC. The highest BCUT2D eigenvalue weighted by atomic mass is 32.2. The predicted molar refractivity (Wildman–Crippen MR) is 58.9 cm³/mol. The van der Waals surface area contributed by atoms with E-state index >= 15 is 0 Å². The molecule has 3 nitrogen and oxygen atoms in total. The van der Waals surface area contributed by atoms with Crippen molar-refractivity contribution in [3.63, 3.8) is 0 Å². The quantitative estimate of drug-likeness (QED) is 0.608. The van der Waals surface area contributed by atoms with E-state index in [2.05, 4.69) is 12.2 Å². The molecule has 4 heteroatoms. The highest BCUT2D eigenvalue weighted by Crippen LogP contribution is 1.98. The number of hydrogen-bond donors (Lipinski definition) is 2. The molecule has 0 bridgehead atoms. The van der Waals surface area contributed by atoms with E-state index in [1.54, 1.807) is 11.8 Å². The first-order valence-corrected chi connectivity index (χ1v) is 6.14. The van der Waals surface area contributed by atoms with Crippen LogP contribution in [0.2, 0.25) is 0 Å². The molecule has 0 aliphatic rings. The molecule has 0 aliphatic heterocycles. The summed E-state index contributed by atoms with van der Waals surface area (Å²) in [6, 6.07) is -0.329. The molecule has 1 atom stereocenters. The number of thioether (sulfide) groups is 1. The van der Waals surface area contributed by atoms with Crippen LogP contribution in [0.4, 0.5) is 0 Å². The summed E-state index contributed by atoms with van der Waals surface area (Å²) in [6.07, 6.45) is 4.90. The Bertz CT molecular complexity index is 142. The molecule has 0 heterocycles. The summed E-state index contributed by atoms with van der Waals surface area (Å²) in [5.74, 6) is 0.935. The van der Waals surface area contributed by atoms with Gasteiger partial charge in [-0.25, -0.2) is 0 Å². The normalized spacial score (nSPS) is 12.5. The molecule has 0 aliphatic carbocycles. The van der Waals surface area contributed by atoms with Gasteiger partial charge in [0.25, 0.3) is 0 Å². The van der Waals surface area contributed by atoms with Gasteiger partial charge in [0, 0.05) is 6.54 Å². The molecular formula is C9H20N2OS. The van der Waals surface area contributed by atoms with Crippen LogP contribution in [0.15, 0.2) is 0 Å². The molecule has 0 saturated carbocycles. The summed E-state index contributed by atoms with van der Waals surface area (Å²) in [7, 11) is 0. The average Bonchev–Trinajstić information content (AvgIpc) is 2.14. The molecule has 0 radical (unpaired) electrons. The van der Waals surface area contributed by atoms with Crippen LogP contribution in [-0.4, -0.2) is 30.5 Å². The Hall–Kier alpha value is -0.220. The summed E-state index contributed by atoms with van der Waals surface area (Å²) in [4.78, 5) is 11.3. The first-order valence-electron chi connectivity index (χ1n) is 4.74. The number of nitrogens with two attached hydrogens (primary N) is 1. The van der Waals surface area contributed by atoms with E-state index < -0.39 is 0 Å². The van der Waals surface area contributed by atoms with E-state index in [0.717, 1.165) is 31.6 Å². The van der Waals surface area contributed by atoms with Crippen molar-refractivity contribution in [3.8, 4) is 0 Å². The third-order valence-electron chi connectivity index (χ3n) is 1.80. The monoisotopic (exact) mass is 204 g/mol. The number of carbonyl (C=O) groups is 1. The number of hydrogen-bond acceptors (Lipinski definition) is 3. The topological polar surface area (TPSA) is 55.1 Å². The van der Waals surface area contributed by atoms with E-state index in [0.29, 0.717) is 0 Å². The third-order valence-corrected chi connectivity index (χ3v) is 2.44. The largest absolute Gasteiger partial charge is 0.355 e. The molecule has 13 heavy (non-hydrogen) atoms. The zero-order valence-corrected chi connectivity index (χ0v) is 9.32. The number of rotatable bonds is 7. The van der Waals surface area contributed by atoms with E-state index in [1.807, 2.05) is 6.26 Å². The molecule has 0 spiro atoms. The Balaban J connectivity index is 3.45. The van der Waals surface area contributed by atoms with Crippen LogP contribution >= 0.6 is 11.8 Å². The first-order chi connectivity index (χ1) is 6.22. The van der Waals surface area contributed by atoms with Gasteiger partial charge in [0.15, 0.2) is 0 Å². The molecule has 0 aromatic rings. The van der Waals surface area contributed by atoms with Crippen LogP contribution in [-0.2, 0) is 4.79 Å². The van der Waals surface area contributed by atoms with Crippen LogP contribution in [0.25, 0.3) is 0 Å². The van der Waals surface area contributed by atoms with Crippen LogP contribution in [0.5, 0.6) is 0 Å². The minimum Gasteiger partial charge on any atom is -0.355 e. The molecule has 0 rings (SSSR count). The number of amides is 1. The molecule has 0 saturated heterocycles. The lowest BCUT2D eigenvalue weighted by Crippen LogP contribution is -2.41. The maximum Gasteiger partial charge on any atom is 0.236 e. The summed E-state index contributed by atoms with van der Waals surface area (Å²) in [5.41, 5.74) is 5.66. The molecule has 0 fully saturated rings. The van der Waals surface area contributed by atoms with Gasteiger partial charge < -0.3 is 11.1 Å². The van der Waals surface area contributed by atoms with Gasteiger partial charge in [0.05, 0.1) is 6.04 Å². The van der Waals surface area contributed by atoms with Gasteiger partial charge in [-0.1, -0.05) is 13.3 Å².